The minimum absolute atomic E-state index is 1.10. The third-order valence-corrected chi connectivity index (χ3v) is 2.91. The van der Waals surface area contributed by atoms with Crippen LogP contribution in [0.2, 0.25) is 0 Å². The first kappa shape index (κ1) is 9.90. The number of aromatic nitrogens is 3. The molecule has 0 saturated carbocycles. The summed E-state index contributed by atoms with van der Waals surface area (Å²) < 4.78 is 1.81. The summed E-state index contributed by atoms with van der Waals surface area (Å²) in [5.74, 6) is 0. The molecule has 2 aromatic rings. The van der Waals surface area contributed by atoms with E-state index in [9.17, 15) is 0 Å². The van der Waals surface area contributed by atoms with Gasteiger partial charge in [-0.2, -0.15) is 5.10 Å². The normalized spacial score (nSPS) is 10.7. The molecule has 0 aliphatic rings. The quantitative estimate of drug-likeness (QED) is 0.709. The van der Waals surface area contributed by atoms with Crippen molar-refractivity contribution in [1.29, 1.82) is 0 Å². The highest BCUT2D eigenvalue weighted by Gasteiger charge is 2.08. The predicted molar refractivity (Wildman–Crippen MR) is 60.7 cm³/mol. The molecule has 2 rings (SSSR count). The fourth-order valence-electron chi connectivity index (χ4n) is 1.68. The molecule has 0 aromatic carbocycles. The topological polar surface area (TPSA) is 30.7 Å². The first-order valence-electron chi connectivity index (χ1n) is 5.01. The van der Waals surface area contributed by atoms with Gasteiger partial charge >= 0.3 is 0 Å². The van der Waals surface area contributed by atoms with Crippen LogP contribution in [0.15, 0.2) is 18.6 Å². The summed E-state index contributed by atoms with van der Waals surface area (Å²) in [7, 11) is 1.92. The molecule has 0 radical (unpaired) electrons. The third-order valence-electron chi connectivity index (χ3n) is 2.91. The summed E-state index contributed by atoms with van der Waals surface area (Å²) in [5.41, 5.74) is 5.95. The molecule has 2 aromatic heterocycles. The van der Waals surface area contributed by atoms with Gasteiger partial charge in [-0.25, -0.2) is 0 Å². The van der Waals surface area contributed by atoms with Gasteiger partial charge in [-0.1, -0.05) is 0 Å². The Hall–Kier alpha value is -1.64. The van der Waals surface area contributed by atoms with Crippen molar-refractivity contribution in [1.82, 2.24) is 14.8 Å². The molecule has 0 spiro atoms. The molecule has 0 amide bonds. The van der Waals surface area contributed by atoms with Crippen LogP contribution in [0, 0.1) is 20.8 Å². The second-order valence-corrected chi connectivity index (χ2v) is 3.91. The second-order valence-electron chi connectivity index (χ2n) is 3.91. The van der Waals surface area contributed by atoms with E-state index >= 15 is 0 Å². The Morgan fingerprint density at radius 3 is 2.40 bits per heavy atom. The van der Waals surface area contributed by atoms with Crippen LogP contribution in [0.1, 0.15) is 16.8 Å². The predicted octanol–water partition coefficient (Wildman–Crippen LogP) is 2.41. The summed E-state index contributed by atoms with van der Waals surface area (Å²) in [4.78, 5) is 4.39. The van der Waals surface area contributed by atoms with Crippen LogP contribution < -0.4 is 0 Å². The first-order chi connectivity index (χ1) is 7.09. The van der Waals surface area contributed by atoms with Gasteiger partial charge in [-0.05, 0) is 31.9 Å². The molecule has 0 bridgehead atoms. The zero-order chi connectivity index (χ0) is 11.0. The summed E-state index contributed by atoms with van der Waals surface area (Å²) in [6.07, 6.45) is 5.81. The molecule has 0 atom stereocenters. The Morgan fingerprint density at radius 2 is 1.80 bits per heavy atom. The summed E-state index contributed by atoms with van der Waals surface area (Å²) in [6, 6.07) is 0. The molecular formula is C12H15N3. The van der Waals surface area contributed by atoms with E-state index in [0.29, 0.717) is 0 Å². The van der Waals surface area contributed by atoms with Gasteiger partial charge in [0.05, 0.1) is 6.20 Å². The lowest BCUT2D eigenvalue weighted by atomic mass is 10.0. The average Bonchev–Trinajstić information content (AvgIpc) is 2.61. The van der Waals surface area contributed by atoms with Gasteiger partial charge in [0.25, 0.3) is 0 Å². The molecule has 0 aliphatic heterocycles. The maximum absolute atomic E-state index is 4.39. The van der Waals surface area contributed by atoms with Gasteiger partial charge in [-0.3, -0.25) is 9.67 Å². The fourth-order valence-corrected chi connectivity index (χ4v) is 1.68. The van der Waals surface area contributed by atoms with E-state index in [4.69, 9.17) is 0 Å². The standard InChI is InChI=1S/C12H15N3/c1-8-9(2)12(6-13-10(8)3)11-5-14-15(4)7-11/h5-7H,1-4H3. The molecule has 2 heterocycles. The van der Waals surface area contributed by atoms with E-state index < -0.39 is 0 Å². The molecule has 15 heavy (non-hydrogen) atoms. The van der Waals surface area contributed by atoms with Crippen molar-refractivity contribution in [2.45, 2.75) is 20.8 Å². The van der Waals surface area contributed by atoms with E-state index in [1.807, 2.05) is 37.2 Å². The van der Waals surface area contributed by atoms with Crippen LogP contribution in [0.5, 0.6) is 0 Å². The van der Waals surface area contributed by atoms with Crippen LogP contribution in [0.25, 0.3) is 11.1 Å². The molecule has 0 unspecified atom stereocenters. The second kappa shape index (κ2) is 3.50. The maximum atomic E-state index is 4.39. The van der Waals surface area contributed by atoms with Crippen LogP contribution in [0.4, 0.5) is 0 Å². The van der Waals surface area contributed by atoms with Gasteiger partial charge in [0.15, 0.2) is 0 Å². The van der Waals surface area contributed by atoms with Gasteiger partial charge in [0.1, 0.15) is 0 Å². The van der Waals surface area contributed by atoms with E-state index in [2.05, 4.69) is 23.9 Å². The smallest absolute Gasteiger partial charge is 0.0568 e. The number of rotatable bonds is 1. The van der Waals surface area contributed by atoms with Gasteiger partial charge < -0.3 is 0 Å². The Morgan fingerprint density at radius 1 is 1.07 bits per heavy atom. The largest absolute Gasteiger partial charge is 0.275 e. The lowest BCUT2D eigenvalue weighted by molar-refractivity contribution is 0.768. The van der Waals surface area contributed by atoms with Crippen molar-refractivity contribution >= 4 is 0 Å². The average molecular weight is 201 g/mol. The molecule has 0 fully saturated rings. The Bertz CT molecular complexity index is 498. The lowest BCUT2D eigenvalue weighted by Gasteiger charge is -2.08. The summed E-state index contributed by atoms with van der Waals surface area (Å²) >= 11 is 0. The lowest BCUT2D eigenvalue weighted by Crippen LogP contribution is -1.93. The van der Waals surface area contributed by atoms with Gasteiger partial charge in [0, 0.05) is 36.3 Å². The van der Waals surface area contributed by atoms with Crippen LogP contribution in [-0.2, 0) is 7.05 Å². The summed E-state index contributed by atoms with van der Waals surface area (Å²) in [5, 5.41) is 4.18. The number of hydrogen-bond donors (Lipinski definition) is 0. The monoisotopic (exact) mass is 201 g/mol. The SMILES string of the molecule is Cc1ncc(-c2cnn(C)c2)c(C)c1C. The summed E-state index contributed by atoms with van der Waals surface area (Å²) in [6.45, 7) is 6.28. The maximum Gasteiger partial charge on any atom is 0.0568 e. The van der Waals surface area contributed by atoms with E-state index in [0.717, 1.165) is 11.3 Å². The molecular weight excluding hydrogens is 186 g/mol. The zero-order valence-corrected chi connectivity index (χ0v) is 9.57. The minimum Gasteiger partial charge on any atom is -0.275 e. The van der Waals surface area contributed by atoms with Crippen molar-refractivity contribution in [3.05, 3.63) is 35.4 Å². The van der Waals surface area contributed by atoms with Crippen molar-refractivity contribution in [2.75, 3.05) is 0 Å². The first-order valence-corrected chi connectivity index (χ1v) is 5.01. The molecule has 0 N–H and O–H groups in total. The van der Waals surface area contributed by atoms with Crippen LogP contribution in [0.3, 0.4) is 0 Å². The van der Waals surface area contributed by atoms with E-state index in [1.54, 1.807) is 0 Å². The molecule has 3 heteroatoms. The van der Waals surface area contributed by atoms with Gasteiger partial charge in [-0.15, -0.1) is 0 Å². The van der Waals surface area contributed by atoms with Gasteiger partial charge in [0.2, 0.25) is 0 Å². The Labute approximate surface area is 89.8 Å². The number of pyridine rings is 1. The zero-order valence-electron chi connectivity index (χ0n) is 9.57. The van der Waals surface area contributed by atoms with Crippen molar-refractivity contribution in [3.63, 3.8) is 0 Å². The Balaban J connectivity index is 2.59. The number of aryl methyl sites for hydroxylation is 2. The molecule has 0 saturated heterocycles. The van der Waals surface area contributed by atoms with E-state index in [-0.39, 0.29) is 0 Å². The van der Waals surface area contributed by atoms with Crippen LogP contribution >= 0.6 is 0 Å². The Kier molecular flexibility index (Phi) is 2.31. The van der Waals surface area contributed by atoms with Crippen molar-refractivity contribution < 1.29 is 0 Å². The number of nitrogens with zero attached hydrogens (tertiary/aromatic N) is 3. The number of hydrogen-bond acceptors (Lipinski definition) is 2. The highest BCUT2D eigenvalue weighted by molar-refractivity contribution is 5.66. The highest BCUT2D eigenvalue weighted by Crippen LogP contribution is 2.25. The van der Waals surface area contributed by atoms with E-state index in [1.165, 1.54) is 16.7 Å². The third kappa shape index (κ3) is 1.65. The minimum atomic E-state index is 1.10. The molecule has 0 aliphatic carbocycles. The van der Waals surface area contributed by atoms with Crippen molar-refractivity contribution in [2.24, 2.45) is 7.05 Å². The highest BCUT2D eigenvalue weighted by atomic mass is 15.2. The van der Waals surface area contributed by atoms with Crippen LogP contribution in [-0.4, -0.2) is 14.8 Å². The molecule has 3 nitrogen and oxygen atoms in total. The fraction of sp³-hybridized carbons (Fsp3) is 0.333. The van der Waals surface area contributed by atoms with Crippen molar-refractivity contribution in [3.8, 4) is 11.1 Å². The molecule has 78 valence electrons.